The quantitative estimate of drug-likeness (QED) is 0.756. The van der Waals surface area contributed by atoms with Gasteiger partial charge in [-0.3, -0.25) is 0 Å². The molecule has 0 saturated carbocycles. The predicted octanol–water partition coefficient (Wildman–Crippen LogP) is 4.47. The van der Waals surface area contributed by atoms with Gasteiger partial charge in [-0.1, -0.05) is 50.9 Å². The van der Waals surface area contributed by atoms with Crippen molar-refractivity contribution < 1.29 is 0 Å². The van der Waals surface area contributed by atoms with E-state index in [4.69, 9.17) is 11.6 Å². The zero-order valence-corrected chi connectivity index (χ0v) is 11.9. The van der Waals surface area contributed by atoms with Crippen LogP contribution in [-0.2, 0) is 0 Å². The van der Waals surface area contributed by atoms with Crippen molar-refractivity contribution in [2.24, 2.45) is 5.92 Å². The zero-order valence-electron chi connectivity index (χ0n) is 11.2. The summed E-state index contributed by atoms with van der Waals surface area (Å²) in [4.78, 5) is 0. The summed E-state index contributed by atoms with van der Waals surface area (Å²) in [5, 5.41) is 4.37. The lowest BCUT2D eigenvalue weighted by Crippen LogP contribution is -2.25. The minimum atomic E-state index is 0.607. The molecule has 0 amide bonds. The first-order valence-corrected chi connectivity index (χ1v) is 6.97. The Hall–Kier alpha value is -0.530. The number of hydrogen-bond donors (Lipinski definition) is 1. The van der Waals surface area contributed by atoms with Gasteiger partial charge in [0, 0.05) is 11.6 Å². The molecule has 0 radical (unpaired) electrons. The van der Waals surface area contributed by atoms with Gasteiger partial charge in [0.2, 0.25) is 0 Å². The molecule has 0 heterocycles. The molecule has 0 saturated heterocycles. The van der Waals surface area contributed by atoms with E-state index >= 15 is 0 Å². The molecule has 1 atom stereocenters. The second-order valence-electron chi connectivity index (χ2n) is 5.09. The summed E-state index contributed by atoms with van der Waals surface area (Å²) in [5.41, 5.74) is 1.40. The molecule has 17 heavy (non-hydrogen) atoms. The normalized spacial score (nSPS) is 13.0. The van der Waals surface area contributed by atoms with Crippen LogP contribution in [0.5, 0.6) is 0 Å². The molecule has 0 spiro atoms. The lowest BCUT2D eigenvalue weighted by Gasteiger charge is -2.18. The zero-order chi connectivity index (χ0) is 12.7. The van der Waals surface area contributed by atoms with Crippen LogP contribution in [-0.4, -0.2) is 13.1 Å². The molecule has 1 rings (SSSR count). The molecule has 1 nitrogen and oxygen atoms in total. The molecule has 0 bridgehead atoms. The number of hydrogen-bond acceptors (Lipinski definition) is 1. The van der Waals surface area contributed by atoms with Crippen LogP contribution >= 0.6 is 11.6 Å². The molecule has 0 fully saturated rings. The molecule has 1 aromatic carbocycles. The Balaban J connectivity index is 2.55. The van der Waals surface area contributed by atoms with E-state index < -0.39 is 0 Å². The van der Waals surface area contributed by atoms with Gasteiger partial charge in [0.25, 0.3) is 0 Å². The third-order valence-electron chi connectivity index (χ3n) is 2.92. The maximum atomic E-state index is 5.92. The van der Waals surface area contributed by atoms with Crippen molar-refractivity contribution in [3.8, 4) is 0 Å². The van der Waals surface area contributed by atoms with Crippen molar-refractivity contribution in [3.63, 3.8) is 0 Å². The van der Waals surface area contributed by atoms with Gasteiger partial charge in [-0.25, -0.2) is 0 Å². The minimum absolute atomic E-state index is 0.607. The van der Waals surface area contributed by atoms with Gasteiger partial charge in [-0.05, 0) is 42.5 Å². The van der Waals surface area contributed by atoms with Crippen LogP contribution in [0.4, 0.5) is 0 Å². The van der Waals surface area contributed by atoms with Gasteiger partial charge in [0.1, 0.15) is 0 Å². The lowest BCUT2D eigenvalue weighted by atomic mass is 9.94. The molecule has 2 heteroatoms. The number of benzene rings is 1. The van der Waals surface area contributed by atoms with E-state index in [9.17, 15) is 0 Å². The number of rotatable bonds is 7. The number of nitrogens with one attached hydrogen (secondary N) is 1. The standard InChI is InChI=1S/C15H24ClN/c1-4-5-14(11-17-10-12(2)3)13-6-8-15(16)9-7-13/h6-9,12,14,17H,4-5,10-11H2,1-3H3. The summed E-state index contributed by atoms with van der Waals surface area (Å²) >= 11 is 5.92. The van der Waals surface area contributed by atoms with Crippen LogP contribution in [0.1, 0.15) is 45.1 Å². The highest BCUT2D eigenvalue weighted by atomic mass is 35.5. The van der Waals surface area contributed by atoms with Gasteiger partial charge in [0.15, 0.2) is 0 Å². The summed E-state index contributed by atoms with van der Waals surface area (Å²) in [5.74, 6) is 1.32. The van der Waals surface area contributed by atoms with Crippen molar-refractivity contribution in [2.75, 3.05) is 13.1 Å². The van der Waals surface area contributed by atoms with Crippen LogP contribution in [0.15, 0.2) is 24.3 Å². The van der Waals surface area contributed by atoms with E-state index in [1.165, 1.54) is 18.4 Å². The molecule has 1 N–H and O–H groups in total. The fourth-order valence-electron chi connectivity index (χ4n) is 2.02. The second kappa shape index (κ2) is 7.73. The average molecular weight is 254 g/mol. The van der Waals surface area contributed by atoms with Crippen molar-refractivity contribution in [2.45, 2.75) is 39.5 Å². The Labute approximate surface area is 111 Å². The Morgan fingerprint density at radius 1 is 1.12 bits per heavy atom. The Kier molecular flexibility index (Phi) is 6.61. The molecule has 96 valence electrons. The second-order valence-corrected chi connectivity index (χ2v) is 5.53. The topological polar surface area (TPSA) is 12.0 Å². The molecule has 0 aliphatic rings. The van der Waals surface area contributed by atoms with Gasteiger partial charge in [0.05, 0.1) is 0 Å². The molecule has 1 unspecified atom stereocenters. The summed E-state index contributed by atoms with van der Waals surface area (Å²) in [6.07, 6.45) is 2.45. The van der Waals surface area contributed by atoms with E-state index in [0.717, 1.165) is 18.1 Å². The van der Waals surface area contributed by atoms with E-state index in [0.29, 0.717) is 11.8 Å². The van der Waals surface area contributed by atoms with Crippen LogP contribution < -0.4 is 5.32 Å². The Morgan fingerprint density at radius 3 is 2.29 bits per heavy atom. The monoisotopic (exact) mass is 253 g/mol. The fourth-order valence-corrected chi connectivity index (χ4v) is 2.14. The molecular weight excluding hydrogens is 230 g/mol. The van der Waals surface area contributed by atoms with Crippen LogP contribution in [0, 0.1) is 5.92 Å². The maximum absolute atomic E-state index is 5.92. The Morgan fingerprint density at radius 2 is 1.76 bits per heavy atom. The van der Waals surface area contributed by atoms with Gasteiger partial charge >= 0.3 is 0 Å². The first-order valence-electron chi connectivity index (χ1n) is 6.59. The summed E-state index contributed by atoms with van der Waals surface area (Å²) < 4.78 is 0. The largest absolute Gasteiger partial charge is 0.316 e. The molecule has 1 aromatic rings. The summed E-state index contributed by atoms with van der Waals surface area (Å²) in [7, 11) is 0. The predicted molar refractivity (Wildman–Crippen MR) is 76.8 cm³/mol. The van der Waals surface area contributed by atoms with Crippen molar-refractivity contribution >= 4 is 11.6 Å². The summed E-state index contributed by atoms with van der Waals surface area (Å²) in [6, 6.07) is 8.28. The fraction of sp³-hybridized carbons (Fsp3) is 0.600. The SMILES string of the molecule is CCCC(CNCC(C)C)c1ccc(Cl)cc1. The minimum Gasteiger partial charge on any atom is -0.316 e. The van der Waals surface area contributed by atoms with E-state index in [2.05, 4.69) is 38.2 Å². The highest BCUT2D eigenvalue weighted by molar-refractivity contribution is 6.30. The number of halogens is 1. The molecule has 0 aromatic heterocycles. The maximum Gasteiger partial charge on any atom is 0.0406 e. The first kappa shape index (κ1) is 14.5. The van der Waals surface area contributed by atoms with E-state index in [1.54, 1.807) is 0 Å². The molecule has 0 aliphatic carbocycles. The highest BCUT2D eigenvalue weighted by Crippen LogP contribution is 2.22. The van der Waals surface area contributed by atoms with Crippen LogP contribution in [0.2, 0.25) is 5.02 Å². The first-order chi connectivity index (χ1) is 8.13. The third-order valence-corrected chi connectivity index (χ3v) is 3.17. The van der Waals surface area contributed by atoms with Gasteiger partial charge in [-0.15, -0.1) is 0 Å². The van der Waals surface area contributed by atoms with Gasteiger partial charge < -0.3 is 5.32 Å². The van der Waals surface area contributed by atoms with Crippen LogP contribution in [0.25, 0.3) is 0 Å². The highest BCUT2D eigenvalue weighted by Gasteiger charge is 2.10. The summed E-state index contributed by atoms with van der Waals surface area (Å²) in [6.45, 7) is 8.88. The lowest BCUT2D eigenvalue weighted by molar-refractivity contribution is 0.498. The van der Waals surface area contributed by atoms with Gasteiger partial charge in [-0.2, -0.15) is 0 Å². The smallest absolute Gasteiger partial charge is 0.0406 e. The Bertz CT molecular complexity index is 305. The average Bonchev–Trinajstić information content (AvgIpc) is 2.29. The third kappa shape index (κ3) is 5.56. The van der Waals surface area contributed by atoms with Crippen molar-refractivity contribution in [1.82, 2.24) is 5.32 Å². The van der Waals surface area contributed by atoms with Crippen molar-refractivity contribution in [3.05, 3.63) is 34.9 Å². The van der Waals surface area contributed by atoms with E-state index in [-0.39, 0.29) is 0 Å². The van der Waals surface area contributed by atoms with Crippen LogP contribution in [0.3, 0.4) is 0 Å². The molecular formula is C15H24ClN. The van der Waals surface area contributed by atoms with E-state index in [1.807, 2.05) is 12.1 Å². The van der Waals surface area contributed by atoms with Crippen molar-refractivity contribution in [1.29, 1.82) is 0 Å². The molecule has 0 aliphatic heterocycles.